The third kappa shape index (κ3) is 6.31. The number of rotatable bonds is 7. The lowest BCUT2D eigenvalue weighted by Crippen LogP contribution is -3.11. The Hall–Kier alpha value is -2.70. The summed E-state index contributed by atoms with van der Waals surface area (Å²) in [6.45, 7) is 1.78. The predicted octanol–water partition coefficient (Wildman–Crippen LogP) is 1.63. The lowest BCUT2D eigenvalue weighted by atomic mass is 10.1. The third-order valence-corrected chi connectivity index (χ3v) is 3.88. The van der Waals surface area contributed by atoms with Gasteiger partial charge in [0.1, 0.15) is 0 Å². The van der Waals surface area contributed by atoms with Crippen LogP contribution < -0.4 is 15.5 Å². The van der Waals surface area contributed by atoms with E-state index in [2.05, 4.69) is 10.6 Å². The van der Waals surface area contributed by atoms with Crippen molar-refractivity contribution < 1.29 is 19.3 Å². The number of Topliss-reactive ketones (excluding diaryl/α,β-unsaturated/α-hetero) is 1. The molecule has 2 aromatic rings. The minimum absolute atomic E-state index is 0.0289. The molecule has 0 bridgehead atoms. The molecule has 6 nitrogen and oxygen atoms in total. The molecule has 26 heavy (non-hydrogen) atoms. The van der Waals surface area contributed by atoms with Gasteiger partial charge in [-0.05, 0) is 55.5 Å². The number of ketones is 1. The molecule has 0 fully saturated rings. The highest BCUT2D eigenvalue weighted by Crippen LogP contribution is 2.13. The molecule has 0 aliphatic rings. The highest BCUT2D eigenvalue weighted by atomic mass is 35.5. The molecule has 0 aliphatic carbocycles. The molecule has 136 valence electrons. The Morgan fingerprint density at radius 2 is 1.27 bits per heavy atom. The summed E-state index contributed by atoms with van der Waals surface area (Å²) >= 11 is 5.80. The lowest BCUT2D eigenvalue weighted by molar-refractivity contribution is -0.862. The van der Waals surface area contributed by atoms with Gasteiger partial charge in [-0.25, -0.2) is 0 Å². The molecule has 0 aliphatic heterocycles. The van der Waals surface area contributed by atoms with Crippen molar-refractivity contribution in [3.8, 4) is 0 Å². The molecule has 1 unspecified atom stereocenters. The second kappa shape index (κ2) is 9.12. The fraction of sp³-hybridized carbons (Fsp3) is 0.211. The topological polar surface area (TPSA) is 79.7 Å². The van der Waals surface area contributed by atoms with Crippen LogP contribution in [0.4, 0.5) is 11.4 Å². The van der Waals surface area contributed by atoms with E-state index < -0.39 is 0 Å². The second-order valence-corrected chi connectivity index (χ2v) is 6.48. The average molecular weight is 375 g/mol. The zero-order valence-electron chi connectivity index (χ0n) is 14.6. The van der Waals surface area contributed by atoms with Crippen LogP contribution in [0.5, 0.6) is 0 Å². The first-order valence-corrected chi connectivity index (χ1v) is 8.49. The molecule has 0 heterocycles. The summed E-state index contributed by atoms with van der Waals surface area (Å²) in [6, 6.07) is 13.5. The largest absolute Gasteiger partial charge is 0.322 e. The van der Waals surface area contributed by atoms with Gasteiger partial charge in [0.2, 0.25) is 0 Å². The van der Waals surface area contributed by atoms with Crippen molar-refractivity contribution in [3.63, 3.8) is 0 Å². The number of carbonyl (C=O) groups is 3. The maximum absolute atomic E-state index is 12.1. The number of halogens is 1. The number of carbonyl (C=O) groups excluding carboxylic acids is 3. The number of hydrogen-bond acceptors (Lipinski definition) is 3. The van der Waals surface area contributed by atoms with E-state index in [1.165, 1.54) is 6.92 Å². The van der Waals surface area contributed by atoms with Crippen LogP contribution in [0, 0.1) is 0 Å². The molecule has 0 spiro atoms. The SMILES string of the molecule is CC(=O)c1ccc(NC(=O)C[NH+](C)CC(=O)Nc2ccc(Cl)cc2)cc1. The number of likely N-dealkylation sites (N-methyl/N-ethyl adjacent to an activating group) is 1. The van der Waals surface area contributed by atoms with Crippen LogP contribution in [-0.4, -0.2) is 37.7 Å². The maximum atomic E-state index is 12.1. The van der Waals surface area contributed by atoms with Gasteiger partial charge in [-0.1, -0.05) is 11.6 Å². The summed E-state index contributed by atoms with van der Waals surface area (Å²) in [5.41, 5.74) is 1.85. The smallest absolute Gasteiger partial charge is 0.279 e. The Bertz CT molecular complexity index is 789. The van der Waals surface area contributed by atoms with E-state index in [1.54, 1.807) is 55.6 Å². The molecule has 0 radical (unpaired) electrons. The lowest BCUT2D eigenvalue weighted by Gasteiger charge is -2.14. The summed E-state index contributed by atoms with van der Waals surface area (Å²) in [6.07, 6.45) is 0. The molecule has 0 aromatic heterocycles. The van der Waals surface area contributed by atoms with Crippen molar-refractivity contribution in [2.24, 2.45) is 0 Å². The highest BCUT2D eigenvalue weighted by molar-refractivity contribution is 6.30. The highest BCUT2D eigenvalue weighted by Gasteiger charge is 2.14. The van der Waals surface area contributed by atoms with E-state index in [0.717, 1.165) is 4.90 Å². The van der Waals surface area contributed by atoms with Crippen LogP contribution in [0.2, 0.25) is 5.02 Å². The molecular formula is C19H21ClN3O3+. The van der Waals surface area contributed by atoms with Crippen molar-refractivity contribution in [1.29, 1.82) is 0 Å². The zero-order chi connectivity index (χ0) is 19.1. The quantitative estimate of drug-likeness (QED) is 0.644. The summed E-state index contributed by atoms with van der Waals surface area (Å²) in [7, 11) is 1.76. The van der Waals surface area contributed by atoms with E-state index in [-0.39, 0.29) is 30.7 Å². The number of quaternary nitrogens is 1. The fourth-order valence-electron chi connectivity index (χ4n) is 2.34. The van der Waals surface area contributed by atoms with Gasteiger partial charge >= 0.3 is 0 Å². The molecule has 3 N–H and O–H groups in total. The van der Waals surface area contributed by atoms with Crippen molar-refractivity contribution in [2.45, 2.75) is 6.92 Å². The first-order valence-electron chi connectivity index (χ1n) is 8.11. The number of anilines is 2. The number of nitrogens with one attached hydrogen (secondary N) is 3. The van der Waals surface area contributed by atoms with Crippen LogP contribution in [0.15, 0.2) is 48.5 Å². The number of hydrogen-bond donors (Lipinski definition) is 3. The van der Waals surface area contributed by atoms with Crippen molar-refractivity contribution >= 4 is 40.6 Å². The van der Waals surface area contributed by atoms with Crippen LogP contribution in [0.1, 0.15) is 17.3 Å². The molecule has 0 saturated heterocycles. The molecule has 7 heteroatoms. The van der Waals surface area contributed by atoms with Gasteiger partial charge < -0.3 is 15.5 Å². The third-order valence-electron chi connectivity index (χ3n) is 3.63. The Morgan fingerprint density at radius 1 is 0.846 bits per heavy atom. The second-order valence-electron chi connectivity index (χ2n) is 6.05. The van der Waals surface area contributed by atoms with E-state index in [4.69, 9.17) is 11.6 Å². The standard InChI is InChI=1S/C19H20ClN3O3/c1-13(24)14-3-7-16(8-4-14)21-18(25)11-23(2)12-19(26)22-17-9-5-15(20)6-10-17/h3-10H,11-12H2,1-2H3,(H,21,25)(H,22,26)/p+1. The summed E-state index contributed by atoms with van der Waals surface area (Å²) < 4.78 is 0. The first kappa shape index (κ1) is 19.6. The number of amides is 2. The fourth-order valence-corrected chi connectivity index (χ4v) is 2.47. The van der Waals surface area contributed by atoms with Gasteiger partial charge in [-0.15, -0.1) is 0 Å². The van der Waals surface area contributed by atoms with Crippen LogP contribution >= 0.6 is 11.6 Å². The molecular weight excluding hydrogens is 354 g/mol. The number of benzene rings is 2. The summed E-state index contributed by atoms with van der Waals surface area (Å²) in [4.78, 5) is 36.1. The molecule has 2 amide bonds. The normalized spacial score (nSPS) is 11.5. The molecule has 2 rings (SSSR count). The zero-order valence-corrected chi connectivity index (χ0v) is 15.4. The summed E-state index contributed by atoms with van der Waals surface area (Å²) in [5, 5.41) is 6.10. The first-order chi connectivity index (χ1) is 12.3. The Morgan fingerprint density at radius 3 is 1.69 bits per heavy atom. The van der Waals surface area contributed by atoms with Gasteiger partial charge in [0.05, 0.1) is 7.05 Å². The van der Waals surface area contributed by atoms with Gasteiger partial charge in [0.25, 0.3) is 11.8 Å². The van der Waals surface area contributed by atoms with Crippen LogP contribution in [0.3, 0.4) is 0 Å². The monoisotopic (exact) mass is 374 g/mol. The van der Waals surface area contributed by atoms with Crippen molar-refractivity contribution in [2.75, 3.05) is 30.8 Å². The van der Waals surface area contributed by atoms with Crippen LogP contribution in [-0.2, 0) is 9.59 Å². The predicted molar refractivity (Wildman–Crippen MR) is 102 cm³/mol. The Kier molecular flexibility index (Phi) is 6.89. The van der Waals surface area contributed by atoms with Gasteiger partial charge in [0.15, 0.2) is 18.9 Å². The van der Waals surface area contributed by atoms with E-state index in [9.17, 15) is 14.4 Å². The van der Waals surface area contributed by atoms with E-state index >= 15 is 0 Å². The van der Waals surface area contributed by atoms with Crippen molar-refractivity contribution in [3.05, 3.63) is 59.1 Å². The van der Waals surface area contributed by atoms with Gasteiger partial charge in [-0.3, -0.25) is 14.4 Å². The Balaban J connectivity index is 1.79. The molecule has 2 aromatic carbocycles. The van der Waals surface area contributed by atoms with E-state index in [0.29, 0.717) is 22.0 Å². The van der Waals surface area contributed by atoms with Gasteiger partial charge in [0, 0.05) is 22.0 Å². The minimum atomic E-state index is -0.211. The minimum Gasteiger partial charge on any atom is -0.322 e. The van der Waals surface area contributed by atoms with Gasteiger partial charge in [-0.2, -0.15) is 0 Å². The van der Waals surface area contributed by atoms with Crippen molar-refractivity contribution in [1.82, 2.24) is 0 Å². The summed E-state index contributed by atoms with van der Waals surface area (Å²) in [5.74, 6) is -0.431. The van der Waals surface area contributed by atoms with E-state index in [1.807, 2.05) is 0 Å². The van der Waals surface area contributed by atoms with Crippen LogP contribution in [0.25, 0.3) is 0 Å². The average Bonchev–Trinajstić information content (AvgIpc) is 2.57. The Labute approximate surface area is 157 Å². The molecule has 1 atom stereocenters. The maximum Gasteiger partial charge on any atom is 0.279 e. The molecule has 0 saturated carbocycles.